The van der Waals surface area contributed by atoms with Gasteiger partial charge in [-0.3, -0.25) is 4.79 Å². The Labute approximate surface area is 194 Å². The Bertz CT molecular complexity index is 1330. The molecule has 0 spiro atoms. The van der Waals surface area contributed by atoms with Crippen molar-refractivity contribution in [3.63, 3.8) is 0 Å². The monoisotopic (exact) mass is 466 g/mol. The lowest BCUT2D eigenvalue weighted by Crippen LogP contribution is -2.13. The molecule has 0 aliphatic rings. The molecule has 4 rings (SSSR count). The number of hydrogen-bond donors (Lipinski definition) is 1. The van der Waals surface area contributed by atoms with Gasteiger partial charge in [0.25, 0.3) is 5.91 Å². The number of anilines is 1. The minimum Gasteiger partial charge on any atom is -0.493 e. The Hall–Kier alpha value is -3.84. The third kappa shape index (κ3) is 4.40. The summed E-state index contributed by atoms with van der Waals surface area (Å²) < 4.78 is 29.7. The Balaban J connectivity index is 1.85. The molecule has 0 saturated heterocycles. The molecule has 0 bridgehead atoms. The number of carbonyl (C=O) groups is 1. The predicted octanol–water partition coefficient (Wildman–Crippen LogP) is 5.97. The zero-order valence-electron chi connectivity index (χ0n) is 18.1. The molecule has 4 aromatic rings. The van der Waals surface area contributed by atoms with Gasteiger partial charge in [0, 0.05) is 10.9 Å². The zero-order chi connectivity index (χ0) is 23.5. The van der Waals surface area contributed by atoms with Crippen molar-refractivity contribution in [1.82, 2.24) is 4.98 Å². The van der Waals surface area contributed by atoms with Crippen molar-refractivity contribution in [2.45, 2.75) is 0 Å². The second-order valence-electron chi connectivity index (χ2n) is 7.06. The third-order valence-electron chi connectivity index (χ3n) is 5.10. The highest BCUT2D eigenvalue weighted by Gasteiger charge is 2.19. The minimum atomic E-state index is -0.489. The molecule has 0 atom stereocenters. The average Bonchev–Trinajstić information content (AvgIpc) is 2.83. The minimum absolute atomic E-state index is 0.103. The lowest BCUT2D eigenvalue weighted by Gasteiger charge is -2.15. The SMILES string of the molecule is COc1cc(-c2cc(C(=O)Nc3ccc(F)cc3Cl)c3ccccc3n2)cc(OC)c1OC. The fraction of sp³-hybridized carbons (Fsp3) is 0.120. The van der Waals surface area contributed by atoms with Gasteiger partial charge in [0.2, 0.25) is 5.75 Å². The number of methoxy groups -OCH3 is 3. The molecule has 0 aliphatic heterocycles. The number of nitrogens with zero attached hydrogens (tertiary/aromatic N) is 1. The molecule has 0 aliphatic carbocycles. The van der Waals surface area contributed by atoms with Gasteiger partial charge in [0.05, 0.1) is 48.8 Å². The van der Waals surface area contributed by atoms with Gasteiger partial charge in [0.15, 0.2) is 11.5 Å². The van der Waals surface area contributed by atoms with Crippen LogP contribution in [0.5, 0.6) is 17.2 Å². The van der Waals surface area contributed by atoms with Crippen molar-refractivity contribution in [3.05, 3.63) is 77.1 Å². The fourth-order valence-corrected chi connectivity index (χ4v) is 3.74. The van der Waals surface area contributed by atoms with Crippen LogP contribution in [0.25, 0.3) is 22.2 Å². The lowest BCUT2D eigenvalue weighted by molar-refractivity contribution is 0.102. The van der Waals surface area contributed by atoms with Crippen LogP contribution in [-0.2, 0) is 0 Å². The van der Waals surface area contributed by atoms with Crippen LogP contribution in [0.4, 0.5) is 10.1 Å². The van der Waals surface area contributed by atoms with Gasteiger partial charge in [-0.25, -0.2) is 9.37 Å². The molecule has 0 radical (unpaired) electrons. The van der Waals surface area contributed by atoms with Gasteiger partial charge in [-0.1, -0.05) is 29.8 Å². The first-order valence-electron chi connectivity index (χ1n) is 9.91. The second-order valence-corrected chi connectivity index (χ2v) is 7.47. The molecule has 1 amide bonds. The number of carbonyl (C=O) groups excluding carboxylic acids is 1. The Morgan fingerprint density at radius 3 is 2.27 bits per heavy atom. The van der Waals surface area contributed by atoms with Crippen LogP contribution in [-0.4, -0.2) is 32.2 Å². The Morgan fingerprint density at radius 1 is 0.939 bits per heavy atom. The number of hydrogen-bond acceptors (Lipinski definition) is 5. The van der Waals surface area contributed by atoms with Crippen LogP contribution in [0, 0.1) is 5.82 Å². The Kier molecular flexibility index (Phi) is 6.33. The predicted molar refractivity (Wildman–Crippen MR) is 126 cm³/mol. The molecule has 1 heterocycles. The molecular formula is C25H20ClFN2O4. The topological polar surface area (TPSA) is 69.7 Å². The molecule has 1 N–H and O–H groups in total. The van der Waals surface area contributed by atoms with Crippen molar-refractivity contribution in [1.29, 1.82) is 0 Å². The van der Waals surface area contributed by atoms with Crippen molar-refractivity contribution in [2.75, 3.05) is 26.6 Å². The van der Waals surface area contributed by atoms with Crippen LogP contribution in [0.15, 0.2) is 60.7 Å². The molecule has 0 saturated carbocycles. The van der Waals surface area contributed by atoms with E-state index >= 15 is 0 Å². The van der Waals surface area contributed by atoms with Crippen LogP contribution < -0.4 is 19.5 Å². The maximum absolute atomic E-state index is 13.4. The summed E-state index contributed by atoms with van der Waals surface area (Å²) in [5.41, 5.74) is 2.51. The van der Waals surface area contributed by atoms with E-state index in [1.807, 2.05) is 24.3 Å². The number of aromatic nitrogens is 1. The average molecular weight is 467 g/mol. The highest BCUT2D eigenvalue weighted by molar-refractivity contribution is 6.34. The van der Waals surface area contributed by atoms with Gasteiger partial charge in [0.1, 0.15) is 5.82 Å². The van der Waals surface area contributed by atoms with E-state index in [4.69, 9.17) is 30.8 Å². The summed E-state index contributed by atoms with van der Waals surface area (Å²) in [5.74, 6) is 0.484. The molecule has 6 nitrogen and oxygen atoms in total. The van der Waals surface area contributed by atoms with E-state index < -0.39 is 11.7 Å². The van der Waals surface area contributed by atoms with E-state index in [2.05, 4.69) is 5.32 Å². The van der Waals surface area contributed by atoms with E-state index in [9.17, 15) is 9.18 Å². The van der Waals surface area contributed by atoms with Gasteiger partial charge in [-0.15, -0.1) is 0 Å². The third-order valence-corrected chi connectivity index (χ3v) is 5.41. The first-order chi connectivity index (χ1) is 15.9. The van der Waals surface area contributed by atoms with E-state index in [0.29, 0.717) is 50.7 Å². The van der Waals surface area contributed by atoms with Crippen LogP contribution in [0.2, 0.25) is 5.02 Å². The number of pyridine rings is 1. The van der Waals surface area contributed by atoms with Crippen molar-refractivity contribution < 1.29 is 23.4 Å². The summed E-state index contributed by atoms with van der Waals surface area (Å²) in [4.78, 5) is 18.0. The molecular weight excluding hydrogens is 447 g/mol. The maximum Gasteiger partial charge on any atom is 0.256 e. The van der Waals surface area contributed by atoms with E-state index in [1.54, 1.807) is 18.2 Å². The molecule has 8 heteroatoms. The maximum atomic E-state index is 13.4. The van der Waals surface area contributed by atoms with Crippen molar-refractivity contribution in [3.8, 4) is 28.5 Å². The molecule has 168 valence electrons. The summed E-state index contributed by atoms with van der Waals surface area (Å²) in [6, 6.07) is 16.3. The van der Waals surface area contributed by atoms with Crippen LogP contribution >= 0.6 is 11.6 Å². The summed E-state index contributed by atoms with van der Waals surface area (Å²) >= 11 is 6.10. The van der Waals surface area contributed by atoms with Gasteiger partial charge >= 0.3 is 0 Å². The number of para-hydroxylation sites is 1. The number of fused-ring (bicyclic) bond motifs is 1. The zero-order valence-corrected chi connectivity index (χ0v) is 18.9. The van der Waals surface area contributed by atoms with E-state index in [-0.39, 0.29) is 5.02 Å². The fourth-order valence-electron chi connectivity index (χ4n) is 3.52. The van der Waals surface area contributed by atoms with Crippen molar-refractivity contribution >= 4 is 34.1 Å². The summed E-state index contributed by atoms with van der Waals surface area (Å²) in [7, 11) is 4.58. The standard InChI is InChI=1S/C25H20ClFN2O4/c1-31-22-10-14(11-23(32-2)24(22)33-3)21-13-17(16-6-4-5-7-19(16)28-21)25(30)29-20-9-8-15(27)12-18(20)26/h4-13H,1-3H3,(H,29,30). The first-order valence-corrected chi connectivity index (χ1v) is 10.3. The first kappa shape index (κ1) is 22.4. The number of ether oxygens (including phenoxy) is 3. The molecule has 33 heavy (non-hydrogen) atoms. The summed E-state index contributed by atoms with van der Waals surface area (Å²) in [5, 5.41) is 3.51. The van der Waals surface area contributed by atoms with Gasteiger partial charge in [-0.2, -0.15) is 0 Å². The summed E-state index contributed by atoms with van der Waals surface area (Å²) in [6.07, 6.45) is 0. The highest BCUT2D eigenvalue weighted by Crippen LogP contribution is 2.41. The van der Waals surface area contributed by atoms with E-state index in [1.165, 1.54) is 33.5 Å². The second kappa shape index (κ2) is 9.34. The number of rotatable bonds is 6. The van der Waals surface area contributed by atoms with Crippen LogP contribution in [0.1, 0.15) is 10.4 Å². The number of nitrogens with one attached hydrogen (secondary N) is 1. The van der Waals surface area contributed by atoms with E-state index in [0.717, 1.165) is 6.07 Å². The van der Waals surface area contributed by atoms with Gasteiger partial charge < -0.3 is 19.5 Å². The highest BCUT2D eigenvalue weighted by atomic mass is 35.5. The van der Waals surface area contributed by atoms with Gasteiger partial charge in [-0.05, 0) is 42.5 Å². The normalized spacial score (nSPS) is 10.7. The smallest absolute Gasteiger partial charge is 0.256 e. The number of benzene rings is 3. The lowest BCUT2D eigenvalue weighted by atomic mass is 10.0. The molecule has 0 unspecified atom stereocenters. The number of amides is 1. The number of halogens is 2. The van der Waals surface area contributed by atoms with Crippen molar-refractivity contribution in [2.24, 2.45) is 0 Å². The molecule has 3 aromatic carbocycles. The largest absolute Gasteiger partial charge is 0.493 e. The quantitative estimate of drug-likeness (QED) is 0.379. The molecule has 0 fully saturated rings. The van der Waals surface area contributed by atoms with Crippen LogP contribution in [0.3, 0.4) is 0 Å². The Morgan fingerprint density at radius 2 is 1.64 bits per heavy atom. The summed E-state index contributed by atoms with van der Waals surface area (Å²) in [6.45, 7) is 0. The molecule has 1 aromatic heterocycles.